The topological polar surface area (TPSA) is 64.6 Å². The highest BCUT2D eigenvalue weighted by Gasteiger charge is 2.15. The maximum absolute atomic E-state index is 12.1. The molecule has 0 fully saturated rings. The number of esters is 1. The first-order chi connectivity index (χ1) is 12.1. The molecule has 5 nitrogen and oxygen atoms in total. The van der Waals surface area contributed by atoms with Crippen LogP contribution in [-0.4, -0.2) is 37.9 Å². The summed E-state index contributed by atoms with van der Waals surface area (Å²) in [6, 6.07) is 15.2. The van der Waals surface area contributed by atoms with Crippen LogP contribution >= 0.6 is 11.8 Å². The zero-order valence-electron chi connectivity index (χ0n) is 14.3. The molecule has 0 bridgehead atoms. The van der Waals surface area contributed by atoms with Crippen LogP contribution < -0.4 is 10.1 Å². The van der Waals surface area contributed by atoms with Crippen molar-refractivity contribution in [1.82, 2.24) is 5.32 Å². The number of hydrogen-bond donors (Lipinski definition) is 1. The summed E-state index contributed by atoms with van der Waals surface area (Å²) >= 11 is 1.65. The maximum Gasteiger partial charge on any atom is 0.342 e. The van der Waals surface area contributed by atoms with Gasteiger partial charge in [0.05, 0.1) is 7.11 Å². The average Bonchev–Trinajstić information content (AvgIpc) is 2.64. The summed E-state index contributed by atoms with van der Waals surface area (Å²) in [7, 11) is 1.48. The minimum Gasteiger partial charge on any atom is -0.496 e. The number of benzene rings is 2. The van der Waals surface area contributed by atoms with Gasteiger partial charge in [0.15, 0.2) is 6.61 Å². The molecule has 2 rings (SSSR count). The third-order valence-corrected chi connectivity index (χ3v) is 4.36. The molecule has 1 N–H and O–H groups in total. The van der Waals surface area contributed by atoms with Crippen LogP contribution in [0.4, 0.5) is 0 Å². The number of methoxy groups -OCH3 is 1. The van der Waals surface area contributed by atoms with E-state index in [1.54, 1.807) is 23.9 Å². The van der Waals surface area contributed by atoms with E-state index < -0.39 is 5.97 Å². The lowest BCUT2D eigenvalue weighted by molar-refractivity contribution is -0.124. The summed E-state index contributed by atoms with van der Waals surface area (Å²) in [6.07, 6.45) is 0. The van der Waals surface area contributed by atoms with Crippen LogP contribution in [0.5, 0.6) is 5.75 Å². The third-order valence-electron chi connectivity index (χ3n) is 3.35. The second-order valence-corrected chi connectivity index (χ2v) is 6.46. The molecule has 0 unspecified atom stereocenters. The molecule has 0 saturated heterocycles. The van der Waals surface area contributed by atoms with E-state index >= 15 is 0 Å². The normalized spacial score (nSPS) is 10.2. The minimum absolute atomic E-state index is 0.314. The molecule has 0 heterocycles. The molecular formula is C19H21NO4S. The van der Waals surface area contributed by atoms with Gasteiger partial charge in [0.2, 0.25) is 0 Å². The summed E-state index contributed by atoms with van der Waals surface area (Å²) < 4.78 is 10.2. The molecule has 1 amide bonds. The Bertz CT molecular complexity index is 719. The van der Waals surface area contributed by atoms with Crippen molar-refractivity contribution in [2.75, 3.05) is 26.0 Å². The Balaban J connectivity index is 1.72. The molecule has 0 radical (unpaired) electrons. The molecule has 2 aromatic rings. The zero-order chi connectivity index (χ0) is 18.1. The van der Waals surface area contributed by atoms with Crippen molar-refractivity contribution in [1.29, 1.82) is 0 Å². The van der Waals surface area contributed by atoms with E-state index in [-0.39, 0.29) is 12.5 Å². The first-order valence-electron chi connectivity index (χ1n) is 7.86. The molecule has 132 valence electrons. The lowest BCUT2D eigenvalue weighted by atomic mass is 10.1. The number of thioether (sulfide) groups is 1. The van der Waals surface area contributed by atoms with E-state index in [0.717, 1.165) is 16.2 Å². The van der Waals surface area contributed by atoms with Gasteiger partial charge in [-0.1, -0.05) is 29.8 Å². The molecule has 0 aliphatic carbocycles. The number of rotatable bonds is 8. The fourth-order valence-electron chi connectivity index (χ4n) is 2.12. The molecular weight excluding hydrogens is 338 g/mol. The quantitative estimate of drug-likeness (QED) is 0.446. The zero-order valence-corrected chi connectivity index (χ0v) is 15.1. The first-order valence-corrected chi connectivity index (χ1v) is 8.85. The number of amides is 1. The average molecular weight is 359 g/mol. The molecule has 0 aliphatic heterocycles. The minimum atomic E-state index is -0.575. The highest BCUT2D eigenvalue weighted by molar-refractivity contribution is 7.99. The number of carbonyl (C=O) groups excluding carboxylic acids is 2. The predicted octanol–water partition coefficient (Wildman–Crippen LogP) is 3.07. The van der Waals surface area contributed by atoms with Crippen LogP contribution in [-0.2, 0) is 9.53 Å². The Kier molecular flexibility index (Phi) is 7.35. The van der Waals surface area contributed by atoms with Gasteiger partial charge in [0.1, 0.15) is 11.3 Å². The standard InChI is InChI=1S/C19H21NO4S/c1-14-8-9-17(23-2)16(12-14)19(22)24-13-18(21)20-10-11-25-15-6-4-3-5-7-15/h3-9,12H,10-11,13H2,1-2H3,(H,20,21). The Morgan fingerprint density at radius 1 is 1.12 bits per heavy atom. The van der Waals surface area contributed by atoms with E-state index in [0.29, 0.717) is 17.9 Å². The fourth-order valence-corrected chi connectivity index (χ4v) is 2.91. The summed E-state index contributed by atoms with van der Waals surface area (Å²) in [5.41, 5.74) is 1.23. The summed E-state index contributed by atoms with van der Waals surface area (Å²) in [5.74, 6) is 0.272. The molecule has 0 aliphatic rings. The molecule has 0 spiro atoms. The van der Waals surface area contributed by atoms with Gasteiger partial charge in [0.25, 0.3) is 5.91 Å². The largest absolute Gasteiger partial charge is 0.496 e. The van der Waals surface area contributed by atoms with E-state index in [1.165, 1.54) is 7.11 Å². The van der Waals surface area contributed by atoms with Gasteiger partial charge in [-0.05, 0) is 31.2 Å². The molecule has 0 saturated carbocycles. The van der Waals surface area contributed by atoms with E-state index in [9.17, 15) is 9.59 Å². The van der Waals surface area contributed by atoms with Crippen LogP contribution in [0.15, 0.2) is 53.4 Å². The summed E-state index contributed by atoms with van der Waals surface area (Å²) in [6.45, 7) is 2.06. The second-order valence-electron chi connectivity index (χ2n) is 5.29. The predicted molar refractivity (Wildman–Crippen MR) is 98.2 cm³/mol. The van der Waals surface area contributed by atoms with Crippen LogP contribution in [0.25, 0.3) is 0 Å². The lowest BCUT2D eigenvalue weighted by Crippen LogP contribution is -2.30. The van der Waals surface area contributed by atoms with Gasteiger partial charge < -0.3 is 14.8 Å². The van der Waals surface area contributed by atoms with E-state index in [4.69, 9.17) is 9.47 Å². The molecule has 0 atom stereocenters. The van der Waals surface area contributed by atoms with Crippen LogP contribution in [0.1, 0.15) is 15.9 Å². The third kappa shape index (κ3) is 6.15. The van der Waals surface area contributed by atoms with Gasteiger partial charge in [-0.2, -0.15) is 0 Å². The van der Waals surface area contributed by atoms with Crippen molar-refractivity contribution in [3.05, 3.63) is 59.7 Å². The Morgan fingerprint density at radius 3 is 2.60 bits per heavy atom. The molecule has 25 heavy (non-hydrogen) atoms. The maximum atomic E-state index is 12.1. The van der Waals surface area contributed by atoms with Gasteiger partial charge in [-0.15, -0.1) is 11.8 Å². The summed E-state index contributed by atoms with van der Waals surface area (Å²) in [5, 5.41) is 2.73. The van der Waals surface area contributed by atoms with Crippen molar-refractivity contribution >= 4 is 23.6 Å². The van der Waals surface area contributed by atoms with Crippen molar-refractivity contribution < 1.29 is 19.1 Å². The summed E-state index contributed by atoms with van der Waals surface area (Å²) in [4.78, 5) is 25.0. The van der Waals surface area contributed by atoms with Crippen molar-refractivity contribution in [2.24, 2.45) is 0 Å². The Labute approximate surface area is 151 Å². The van der Waals surface area contributed by atoms with Crippen molar-refractivity contribution in [3.8, 4) is 5.75 Å². The highest BCUT2D eigenvalue weighted by Crippen LogP contribution is 2.20. The number of carbonyl (C=O) groups is 2. The van der Waals surface area contributed by atoms with E-state index in [2.05, 4.69) is 5.32 Å². The van der Waals surface area contributed by atoms with Crippen LogP contribution in [0.3, 0.4) is 0 Å². The highest BCUT2D eigenvalue weighted by atomic mass is 32.2. The Hall–Kier alpha value is -2.47. The van der Waals surface area contributed by atoms with Gasteiger partial charge in [-0.25, -0.2) is 4.79 Å². The van der Waals surface area contributed by atoms with Gasteiger partial charge in [-0.3, -0.25) is 4.79 Å². The number of hydrogen-bond acceptors (Lipinski definition) is 5. The number of ether oxygens (including phenoxy) is 2. The van der Waals surface area contributed by atoms with E-state index in [1.807, 2.05) is 43.3 Å². The van der Waals surface area contributed by atoms with Crippen LogP contribution in [0.2, 0.25) is 0 Å². The molecule has 6 heteroatoms. The fraction of sp³-hybridized carbons (Fsp3) is 0.263. The SMILES string of the molecule is COc1ccc(C)cc1C(=O)OCC(=O)NCCSc1ccccc1. The van der Waals surface area contributed by atoms with Crippen molar-refractivity contribution in [2.45, 2.75) is 11.8 Å². The monoisotopic (exact) mass is 359 g/mol. The number of aryl methyl sites for hydroxylation is 1. The molecule has 2 aromatic carbocycles. The van der Waals surface area contributed by atoms with Gasteiger partial charge in [0, 0.05) is 17.2 Å². The van der Waals surface area contributed by atoms with Gasteiger partial charge >= 0.3 is 5.97 Å². The second kappa shape index (κ2) is 9.74. The van der Waals surface area contributed by atoms with Crippen molar-refractivity contribution in [3.63, 3.8) is 0 Å². The Morgan fingerprint density at radius 2 is 1.88 bits per heavy atom. The first kappa shape index (κ1) is 18.9. The molecule has 0 aromatic heterocycles. The van der Waals surface area contributed by atoms with Crippen LogP contribution in [0, 0.1) is 6.92 Å². The smallest absolute Gasteiger partial charge is 0.342 e. The lowest BCUT2D eigenvalue weighted by Gasteiger charge is -2.10. The number of nitrogens with one attached hydrogen (secondary N) is 1.